The van der Waals surface area contributed by atoms with Crippen LogP contribution in [0.3, 0.4) is 0 Å². The van der Waals surface area contributed by atoms with Crippen molar-refractivity contribution in [3.8, 4) is 5.75 Å². The molecule has 1 aromatic carbocycles. The molecular formula is C13H13NO3S2. The highest BCUT2D eigenvalue weighted by atomic mass is 32.2. The Kier molecular flexibility index (Phi) is 2.99. The van der Waals surface area contributed by atoms with Crippen LogP contribution in [0.1, 0.15) is 10.4 Å². The van der Waals surface area contributed by atoms with Crippen molar-refractivity contribution in [3.05, 3.63) is 40.8 Å². The standard InChI is InChI=1S/C13H13NO3S2/c1-9-5-6-12(18-9)19(15,16)14-11-4-2-3-10-7-8-17-13(10)11/h2-6,14H,7-8H2,1H3. The molecule has 0 bridgehead atoms. The van der Waals surface area contributed by atoms with Crippen molar-refractivity contribution in [2.24, 2.45) is 0 Å². The van der Waals surface area contributed by atoms with Crippen LogP contribution in [0.15, 0.2) is 34.5 Å². The molecule has 2 heterocycles. The summed E-state index contributed by atoms with van der Waals surface area (Å²) in [6.07, 6.45) is 0.822. The molecule has 4 nitrogen and oxygen atoms in total. The Morgan fingerprint density at radius 3 is 2.84 bits per heavy atom. The van der Waals surface area contributed by atoms with Gasteiger partial charge in [-0.3, -0.25) is 4.72 Å². The van der Waals surface area contributed by atoms with Crippen LogP contribution in [-0.2, 0) is 16.4 Å². The molecule has 1 aliphatic rings. The molecule has 0 saturated heterocycles. The summed E-state index contributed by atoms with van der Waals surface area (Å²) < 4.78 is 32.9. The molecule has 1 aliphatic heterocycles. The van der Waals surface area contributed by atoms with Gasteiger partial charge in [-0.2, -0.15) is 0 Å². The van der Waals surface area contributed by atoms with E-state index in [4.69, 9.17) is 4.74 Å². The van der Waals surface area contributed by atoms with Gasteiger partial charge in [0.1, 0.15) is 9.96 Å². The largest absolute Gasteiger partial charge is 0.491 e. The number of thiophene rings is 1. The molecule has 0 atom stereocenters. The van der Waals surface area contributed by atoms with Crippen LogP contribution in [0.5, 0.6) is 5.75 Å². The fraction of sp³-hybridized carbons (Fsp3) is 0.231. The summed E-state index contributed by atoms with van der Waals surface area (Å²) in [5.74, 6) is 0.652. The number of nitrogens with one attached hydrogen (secondary N) is 1. The third-order valence-corrected chi connectivity index (χ3v) is 5.80. The zero-order valence-electron chi connectivity index (χ0n) is 10.3. The molecule has 0 amide bonds. The zero-order valence-corrected chi connectivity index (χ0v) is 12.0. The van der Waals surface area contributed by atoms with Gasteiger partial charge in [-0.25, -0.2) is 8.42 Å². The maximum absolute atomic E-state index is 12.3. The Hall–Kier alpha value is -1.53. The number of hydrogen-bond donors (Lipinski definition) is 1. The van der Waals surface area contributed by atoms with Crippen molar-refractivity contribution in [2.45, 2.75) is 17.6 Å². The zero-order chi connectivity index (χ0) is 13.5. The lowest BCUT2D eigenvalue weighted by molar-refractivity contribution is 0.358. The summed E-state index contributed by atoms with van der Waals surface area (Å²) in [4.78, 5) is 0.968. The van der Waals surface area contributed by atoms with Crippen LogP contribution in [0.25, 0.3) is 0 Å². The molecule has 0 saturated carbocycles. The van der Waals surface area contributed by atoms with Crippen LogP contribution in [0, 0.1) is 6.92 Å². The van der Waals surface area contributed by atoms with Gasteiger partial charge in [0.15, 0.2) is 0 Å². The summed E-state index contributed by atoms with van der Waals surface area (Å²) in [5, 5.41) is 0. The lowest BCUT2D eigenvalue weighted by atomic mass is 10.1. The number of benzene rings is 1. The van der Waals surface area contributed by atoms with E-state index in [0.717, 1.165) is 16.9 Å². The molecule has 0 radical (unpaired) electrons. The van der Waals surface area contributed by atoms with Gasteiger partial charge in [0.05, 0.1) is 12.3 Å². The maximum Gasteiger partial charge on any atom is 0.271 e. The Labute approximate surface area is 116 Å². The fourth-order valence-electron chi connectivity index (χ4n) is 2.05. The van der Waals surface area contributed by atoms with E-state index in [1.54, 1.807) is 18.2 Å². The number of hydrogen-bond acceptors (Lipinski definition) is 4. The SMILES string of the molecule is Cc1ccc(S(=O)(=O)Nc2cccc3c2OCC3)s1. The number of para-hydroxylation sites is 1. The van der Waals surface area contributed by atoms with Crippen LogP contribution in [0.2, 0.25) is 0 Å². The third-order valence-electron chi connectivity index (χ3n) is 2.94. The predicted molar refractivity (Wildman–Crippen MR) is 75.5 cm³/mol. The van der Waals surface area contributed by atoms with Crippen LogP contribution >= 0.6 is 11.3 Å². The lowest BCUT2D eigenvalue weighted by Gasteiger charge is -2.10. The number of rotatable bonds is 3. The third kappa shape index (κ3) is 2.33. The van der Waals surface area contributed by atoms with Crippen molar-refractivity contribution in [1.82, 2.24) is 0 Å². The average molecular weight is 295 g/mol. The number of aryl methyl sites for hydroxylation is 1. The van der Waals surface area contributed by atoms with Crippen LogP contribution in [0.4, 0.5) is 5.69 Å². The molecule has 2 aromatic rings. The van der Waals surface area contributed by atoms with E-state index in [9.17, 15) is 8.42 Å². The molecule has 6 heteroatoms. The second-order valence-corrected chi connectivity index (χ2v) is 7.56. The summed E-state index contributed by atoms with van der Waals surface area (Å²) in [6, 6.07) is 8.93. The van der Waals surface area contributed by atoms with Gasteiger partial charge in [-0.1, -0.05) is 12.1 Å². The minimum absolute atomic E-state index is 0.320. The fourth-order valence-corrected chi connectivity index (χ4v) is 4.39. The minimum Gasteiger partial charge on any atom is -0.491 e. The first-order valence-corrected chi connectivity index (χ1v) is 8.20. The highest BCUT2D eigenvalue weighted by Crippen LogP contribution is 2.35. The second kappa shape index (κ2) is 4.54. The first kappa shape index (κ1) is 12.5. The second-order valence-electron chi connectivity index (χ2n) is 4.36. The number of ether oxygens (including phenoxy) is 1. The molecule has 19 heavy (non-hydrogen) atoms. The van der Waals surface area contributed by atoms with Crippen LogP contribution < -0.4 is 9.46 Å². The number of sulfonamides is 1. The van der Waals surface area contributed by atoms with E-state index in [2.05, 4.69) is 4.72 Å². The van der Waals surface area contributed by atoms with E-state index < -0.39 is 10.0 Å². The maximum atomic E-state index is 12.3. The highest BCUT2D eigenvalue weighted by Gasteiger charge is 2.21. The Morgan fingerprint density at radius 1 is 1.26 bits per heavy atom. The predicted octanol–water partition coefficient (Wildman–Crippen LogP) is 2.79. The average Bonchev–Trinajstić information content (AvgIpc) is 2.97. The van der Waals surface area contributed by atoms with Crippen molar-refractivity contribution >= 4 is 27.0 Å². The first-order chi connectivity index (χ1) is 9.06. The highest BCUT2D eigenvalue weighted by molar-refractivity contribution is 7.94. The van der Waals surface area contributed by atoms with E-state index in [1.807, 2.05) is 19.1 Å². The molecule has 0 spiro atoms. The molecule has 0 fully saturated rings. The minimum atomic E-state index is -3.53. The molecule has 0 aliphatic carbocycles. The molecule has 100 valence electrons. The summed E-state index contributed by atoms with van der Waals surface area (Å²) in [7, 11) is -3.53. The summed E-state index contributed by atoms with van der Waals surface area (Å²) in [5.41, 5.74) is 1.56. The van der Waals surface area contributed by atoms with Gasteiger partial charge in [0.25, 0.3) is 10.0 Å². The Morgan fingerprint density at radius 2 is 2.11 bits per heavy atom. The van der Waals surface area contributed by atoms with Crippen molar-refractivity contribution in [3.63, 3.8) is 0 Å². The normalized spacial score (nSPS) is 13.9. The quantitative estimate of drug-likeness (QED) is 0.947. The van der Waals surface area contributed by atoms with Crippen LogP contribution in [-0.4, -0.2) is 15.0 Å². The molecule has 1 aromatic heterocycles. The topological polar surface area (TPSA) is 55.4 Å². The smallest absolute Gasteiger partial charge is 0.271 e. The first-order valence-electron chi connectivity index (χ1n) is 5.90. The Bertz CT molecular complexity index is 719. The van der Waals surface area contributed by atoms with Gasteiger partial charge in [-0.15, -0.1) is 11.3 Å². The molecular weight excluding hydrogens is 282 g/mol. The molecule has 0 unspecified atom stereocenters. The van der Waals surface area contributed by atoms with Gasteiger partial charge in [0.2, 0.25) is 0 Å². The molecule has 1 N–H and O–H groups in total. The van der Waals surface area contributed by atoms with Crippen molar-refractivity contribution in [2.75, 3.05) is 11.3 Å². The summed E-state index contributed by atoms with van der Waals surface area (Å²) >= 11 is 1.26. The Balaban J connectivity index is 1.96. The summed E-state index contributed by atoms with van der Waals surface area (Å²) in [6.45, 7) is 2.49. The monoisotopic (exact) mass is 295 g/mol. The number of anilines is 1. The van der Waals surface area contributed by atoms with Gasteiger partial charge in [0, 0.05) is 11.3 Å². The van der Waals surface area contributed by atoms with Gasteiger partial charge in [-0.05, 0) is 30.7 Å². The number of fused-ring (bicyclic) bond motifs is 1. The lowest BCUT2D eigenvalue weighted by Crippen LogP contribution is -2.12. The van der Waals surface area contributed by atoms with E-state index in [1.165, 1.54) is 11.3 Å². The van der Waals surface area contributed by atoms with Crippen molar-refractivity contribution < 1.29 is 13.2 Å². The van der Waals surface area contributed by atoms with Crippen molar-refractivity contribution in [1.29, 1.82) is 0 Å². The van der Waals surface area contributed by atoms with Gasteiger partial charge < -0.3 is 4.74 Å². The van der Waals surface area contributed by atoms with E-state index in [-0.39, 0.29) is 0 Å². The van der Waals surface area contributed by atoms with E-state index >= 15 is 0 Å². The van der Waals surface area contributed by atoms with Gasteiger partial charge >= 0.3 is 0 Å². The molecule has 3 rings (SSSR count). The van der Waals surface area contributed by atoms with E-state index in [0.29, 0.717) is 22.3 Å².